The minimum absolute atomic E-state index is 0.198. The Morgan fingerprint density at radius 2 is 2.24 bits per heavy atom. The first-order chi connectivity index (χ1) is 7.93. The zero-order chi connectivity index (χ0) is 13.0. The lowest BCUT2D eigenvalue weighted by Gasteiger charge is -2.15. The van der Waals surface area contributed by atoms with E-state index in [1.54, 1.807) is 13.0 Å². The molecule has 1 aromatic carbocycles. The number of hydrogen-bond acceptors (Lipinski definition) is 3. The molecule has 0 spiro atoms. The van der Waals surface area contributed by atoms with Crippen molar-refractivity contribution >= 4 is 21.8 Å². The van der Waals surface area contributed by atoms with E-state index in [0.29, 0.717) is 5.56 Å². The first-order valence-electron chi connectivity index (χ1n) is 5.40. The Bertz CT molecular complexity index is 407. The Balaban J connectivity index is 2.68. The van der Waals surface area contributed by atoms with Crippen molar-refractivity contribution in [1.29, 1.82) is 0 Å². The molecule has 4 N–H and O–H groups in total. The largest absolute Gasteiger partial charge is 0.392 e. The smallest absolute Gasteiger partial charge is 0.252 e. The summed E-state index contributed by atoms with van der Waals surface area (Å²) in [6.07, 6.45) is -0.642. The van der Waals surface area contributed by atoms with E-state index in [4.69, 9.17) is 5.73 Å². The summed E-state index contributed by atoms with van der Waals surface area (Å²) in [5.74, 6) is -0.198. The summed E-state index contributed by atoms with van der Waals surface area (Å²) in [5.41, 5.74) is 7.20. The van der Waals surface area contributed by atoms with Crippen LogP contribution in [-0.2, 0) is 0 Å². The van der Waals surface area contributed by atoms with E-state index in [2.05, 4.69) is 21.2 Å². The number of benzene rings is 1. The van der Waals surface area contributed by atoms with Crippen LogP contribution in [0.15, 0.2) is 22.7 Å². The molecular weight excluding hydrogens is 284 g/mol. The standard InChI is InChI=1S/C12H17BrN2O2/c1-7-4-3-5-9(11(7)13)12(17)15-6-10(14)8(2)16/h3-5,8,10,16H,6,14H2,1-2H3,(H,15,17). The second-order valence-corrected chi connectivity index (χ2v) is 4.84. The summed E-state index contributed by atoms with van der Waals surface area (Å²) in [7, 11) is 0. The van der Waals surface area contributed by atoms with Gasteiger partial charge >= 0.3 is 0 Å². The molecule has 0 aliphatic rings. The number of carbonyl (C=O) groups is 1. The summed E-state index contributed by atoms with van der Waals surface area (Å²) >= 11 is 3.38. The summed E-state index contributed by atoms with van der Waals surface area (Å²) in [5, 5.41) is 11.9. The number of nitrogens with one attached hydrogen (secondary N) is 1. The van der Waals surface area contributed by atoms with Gasteiger partial charge in [0.1, 0.15) is 0 Å². The van der Waals surface area contributed by atoms with Crippen LogP contribution in [0.5, 0.6) is 0 Å². The molecule has 1 rings (SSSR count). The van der Waals surface area contributed by atoms with Crippen molar-refractivity contribution in [2.45, 2.75) is 26.0 Å². The van der Waals surface area contributed by atoms with Crippen molar-refractivity contribution in [3.63, 3.8) is 0 Å². The Labute approximate surface area is 109 Å². The van der Waals surface area contributed by atoms with Gasteiger partial charge in [-0.2, -0.15) is 0 Å². The predicted octanol–water partition coefficient (Wildman–Crippen LogP) is 1.20. The molecule has 94 valence electrons. The summed E-state index contributed by atoms with van der Waals surface area (Å²) < 4.78 is 0.781. The Morgan fingerprint density at radius 3 is 2.82 bits per heavy atom. The number of amides is 1. The number of aliphatic hydroxyl groups is 1. The van der Waals surface area contributed by atoms with Gasteiger partial charge in [-0.05, 0) is 41.4 Å². The third-order valence-electron chi connectivity index (χ3n) is 2.55. The fourth-order valence-corrected chi connectivity index (χ4v) is 1.74. The SMILES string of the molecule is Cc1cccc(C(=O)NCC(N)C(C)O)c1Br. The Hall–Kier alpha value is -0.910. The molecule has 0 aromatic heterocycles. The molecule has 0 saturated carbocycles. The van der Waals surface area contributed by atoms with Gasteiger partial charge in [0.05, 0.1) is 11.7 Å². The first-order valence-corrected chi connectivity index (χ1v) is 6.19. The molecule has 0 aliphatic carbocycles. The van der Waals surface area contributed by atoms with E-state index in [-0.39, 0.29) is 12.5 Å². The molecule has 2 atom stereocenters. The normalized spacial score (nSPS) is 14.2. The van der Waals surface area contributed by atoms with Crippen LogP contribution in [0.1, 0.15) is 22.8 Å². The summed E-state index contributed by atoms with van der Waals surface area (Å²) in [6, 6.07) is 5.02. The number of hydrogen-bond donors (Lipinski definition) is 3. The highest BCUT2D eigenvalue weighted by molar-refractivity contribution is 9.10. The van der Waals surface area contributed by atoms with Crippen LogP contribution in [0, 0.1) is 6.92 Å². The van der Waals surface area contributed by atoms with Crippen molar-refractivity contribution in [2.75, 3.05) is 6.54 Å². The average Bonchev–Trinajstić information content (AvgIpc) is 2.29. The molecule has 17 heavy (non-hydrogen) atoms. The number of halogens is 1. The van der Waals surface area contributed by atoms with E-state index in [1.165, 1.54) is 0 Å². The van der Waals surface area contributed by atoms with Crippen molar-refractivity contribution in [1.82, 2.24) is 5.32 Å². The zero-order valence-electron chi connectivity index (χ0n) is 9.90. The van der Waals surface area contributed by atoms with Crippen LogP contribution < -0.4 is 11.1 Å². The molecule has 1 aromatic rings. The lowest BCUT2D eigenvalue weighted by atomic mass is 10.1. The quantitative estimate of drug-likeness (QED) is 0.782. The molecule has 0 saturated heterocycles. The van der Waals surface area contributed by atoms with Crippen molar-refractivity contribution in [3.05, 3.63) is 33.8 Å². The average molecular weight is 301 g/mol. The maximum Gasteiger partial charge on any atom is 0.252 e. The van der Waals surface area contributed by atoms with Crippen molar-refractivity contribution in [2.24, 2.45) is 5.73 Å². The highest BCUT2D eigenvalue weighted by atomic mass is 79.9. The Kier molecular flexibility index (Phi) is 5.11. The number of nitrogens with two attached hydrogens (primary N) is 1. The van der Waals surface area contributed by atoms with Gasteiger partial charge in [0.25, 0.3) is 5.91 Å². The van der Waals surface area contributed by atoms with Crippen LogP contribution in [-0.4, -0.2) is 29.7 Å². The lowest BCUT2D eigenvalue weighted by Crippen LogP contribution is -2.43. The number of aliphatic hydroxyl groups excluding tert-OH is 1. The van der Waals surface area contributed by atoms with Crippen LogP contribution in [0.3, 0.4) is 0 Å². The van der Waals surface area contributed by atoms with Crippen molar-refractivity contribution in [3.8, 4) is 0 Å². The van der Waals surface area contributed by atoms with Crippen LogP contribution in [0.4, 0.5) is 0 Å². The number of rotatable bonds is 4. The molecule has 0 bridgehead atoms. The Morgan fingerprint density at radius 1 is 1.59 bits per heavy atom. The van der Waals surface area contributed by atoms with Gasteiger partial charge in [0, 0.05) is 17.1 Å². The molecule has 0 fully saturated rings. The fraction of sp³-hybridized carbons (Fsp3) is 0.417. The highest BCUT2D eigenvalue weighted by Gasteiger charge is 2.14. The first kappa shape index (κ1) is 14.2. The predicted molar refractivity (Wildman–Crippen MR) is 70.9 cm³/mol. The van der Waals surface area contributed by atoms with E-state index in [0.717, 1.165) is 10.0 Å². The van der Waals surface area contributed by atoms with Crippen LogP contribution in [0.25, 0.3) is 0 Å². The van der Waals surface area contributed by atoms with Gasteiger partial charge in [-0.25, -0.2) is 0 Å². The maximum absolute atomic E-state index is 11.9. The molecule has 0 radical (unpaired) electrons. The highest BCUT2D eigenvalue weighted by Crippen LogP contribution is 2.20. The third-order valence-corrected chi connectivity index (χ3v) is 3.61. The lowest BCUT2D eigenvalue weighted by molar-refractivity contribution is 0.0936. The van der Waals surface area contributed by atoms with Gasteiger partial charge < -0.3 is 16.2 Å². The third kappa shape index (κ3) is 3.80. The van der Waals surface area contributed by atoms with Gasteiger partial charge in [-0.3, -0.25) is 4.79 Å². The molecule has 0 heterocycles. The number of carbonyl (C=O) groups excluding carboxylic acids is 1. The molecule has 1 amide bonds. The second-order valence-electron chi connectivity index (χ2n) is 4.05. The minimum atomic E-state index is -0.642. The molecule has 5 heteroatoms. The summed E-state index contributed by atoms with van der Waals surface area (Å²) in [6.45, 7) is 3.76. The number of aryl methyl sites for hydroxylation is 1. The molecule has 4 nitrogen and oxygen atoms in total. The van der Waals surface area contributed by atoms with E-state index in [9.17, 15) is 9.90 Å². The zero-order valence-corrected chi connectivity index (χ0v) is 11.5. The van der Waals surface area contributed by atoms with Gasteiger partial charge in [-0.1, -0.05) is 12.1 Å². The van der Waals surface area contributed by atoms with Crippen molar-refractivity contribution < 1.29 is 9.90 Å². The van der Waals surface area contributed by atoms with Gasteiger partial charge in [-0.15, -0.1) is 0 Å². The van der Waals surface area contributed by atoms with E-state index in [1.807, 2.05) is 19.1 Å². The molecule has 0 aliphatic heterocycles. The summed E-state index contributed by atoms with van der Waals surface area (Å²) in [4.78, 5) is 11.9. The topological polar surface area (TPSA) is 75.4 Å². The maximum atomic E-state index is 11.9. The monoisotopic (exact) mass is 300 g/mol. The molecular formula is C12H17BrN2O2. The van der Waals surface area contributed by atoms with Gasteiger partial charge in [0.2, 0.25) is 0 Å². The molecule has 2 unspecified atom stereocenters. The minimum Gasteiger partial charge on any atom is -0.392 e. The van der Waals surface area contributed by atoms with E-state index < -0.39 is 12.1 Å². The second kappa shape index (κ2) is 6.14. The van der Waals surface area contributed by atoms with Crippen LogP contribution >= 0.6 is 15.9 Å². The van der Waals surface area contributed by atoms with E-state index >= 15 is 0 Å². The fourth-order valence-electron chi connectivity index (χ4n) is 1.30. The van der Waals surface area contributed by atoms with Gasteiger partial charge in [0.15, 0.2) is 0 Å². The van der Waals surface area contributed by atoms with Crippen LogP contribution in [0.2, 0.25) is 0 Å².